The van der Waals surface area contributed by atoms with Gasteiger partial charge in [0.1, 0.15) is 5.76 Å². The molecule has 2 nitrogen and oxygen atoms in total. The van der Waals surface area contributed by atoms with E-state index in [9.17, 15) is 0 Å². The first-order chi connectivity index (χ1) is 5.36. The zero-order valence-electron chi connectivity index (χ0n) is 6.78. The van der Waals surface area contributed by atoms with Crippen LogP contribution >= 0.6 is 0 Å². The van der Waals surface area contributed by atoms with Crippen molar-refractivity contribution >= 4 is 0 Å². The summed E-state index contributed by atoms with van der Waals surface area (Å²) in [6.45, 7) is 0. The molecule has 3 atom stereocenters. The summed E-state index contributed by atoms with van der Waals surface area (Å²) in [5, 5.41) is 0. The Labute approximate surface area is 66.5 Å². The highest BCUT2D eigenvalue weighted by molar-refractivity contribution is 5.30. The summed E-state index contributed by atoms with van der Waals surface area (Å²) in [5.74, 6) is 2.14. The van der Waals surface area contributed by atoms with Crippen molar-refractivity contribution in [3.05, 3.63) is 24.0 Å². The molecule has 0 amide bonds. The van der Waals surface area contributed by atoms with Crippen LogP contribution in [0.25, 0.3) is 0 Å². The minimum Gasteiger partial charge on any atom is -0.497 e. The predicted molar refractivity (Wildman–Crippen MR) is 42.0 cm³/mol. The van der Waals surface area contributed by atoms with Crippen LogP contribution in [0.1, 0.15) is 0 Å². The Morgan fingerprint density at radius 2 is 2.09 bits per heavy atom. The maximum atomic E-state index is 5.25. The van der Waals surface area contributed by atoms with Crippen LogP contribution in [0.4, 0.5) is 0 Å². The quantitative estimate of drug-likeness (QED) is 0.594. The molecule has 0 spiro atoms. The van der Waals surface area contributed by atoms with Gasteiger partial charge in [-0.1, -0.05) is 6.08 Å². The molecule has 0 bridgehead atoms. The van der Waals surface area contributed by atoms with Gasteiger partial charge in [0.05, 0.1) is 13.2 Å². The third kappa shape index (κ3) is 0.979. The smallest absolute Gasteiger partial charge is 0.114 e. The summed E-state index contributed by atoms with van der Waals surface area (Å²) in [7, 11) is 3.46. The van der Waals surface area contributed by atoms with Crippen LogP contribution in [0.3, 0.4) is 0 Å². The maximum Gasteiger partial charge on any atom is 0.114 e. The van der Waals surface area contributed by atoms with Crippen LogP contribution in [-0.2, 0) is 9.47 Å². The zero-order chi connectivity index (χ0) is 7.84. The summed E-state index contributed by atoms with van der Waals surface area (Å²) in [5.41, 5.74) is 0. The second kappa shape index (κ2) is 2.38. The average Bonchev–Trinajstić information content (AvgIpc) is 2.76. The van der Waals surface area contributed by atoms with Crippen LogP contribution < -0.4 is 0 Å². The monoisotopic (exact) mass is 152 g/mol. The SMILES string of the molecule is COC1=CC2C(C=C1)C2OC. The molecule has 1 saturated carbocycles. The van der Waals surface area contributed by atoms with E-state index in [-0.39, 0.29) is 0 Å². The molecule has 1 fully saturated rings. The fourth-order valence-corrected chi connectivity index (χ4v) is 1.67. The van der Waals surface area contributed by atoms with Gasteiger partial charge in [0.15, 0.2) is 0 Å². The standard InChI is InChI=1S/C9H12O2/c1-10-6-3-4-7-8(5-6)9(7)11-2/h3-5,7-9H,1-2H3. The van der Waals surface area contributed by atoms with Gasteiger partial charge in [-0.15, -0.1) is 0 Å². The topological polar surface area (TPSA) is 18.5 Å². The Balaban J connectivity index is 2.08. The van der Waals surface area contributed by atoms with Gasteiger partial charge in [-0.05, 0) is 12.2 Å². The molecular formula is C9H12O2. The molecule has 2 rings (SSSR count). The van der Waals surface area contributed by atoms with Gasteiger partial charge in [0.25, 0.3) is 0 Å². The lowest BCUT2D eigenvalue weighted by Crippen LogP contribution is -1.89. The van der Waals surface area contributed by atoms with E-state index < -0.39 is 0 Å². The molecule has 0 aliphatic heterocycles. The number of allylic oxidation sites excluding steroid dienone is 1. The van der Waals surface area contributed by atoms with Crippen LogP contribution in [0.2, 0.25) is 0 Å². The van der Waals surface area contributed by atoms with E-state index in [2.05, 4.69) is 12.2 Å². The fraction of sp³-hybridized carbons (Fsp3) is 0.556. The second-order valence-electron chi connectivity index (χ2n) is 2.99. The second-order valence-corrected chi connectivity index (χ2v) is 2.99. The molecule has 0 heterocycles. The molecule has 3 unspecified atom stereocenters. The van der Waals surface area contributed by atoms with E-state index in [1.165, 1.54) is 0 Å². The number of hydrogen-bond acceptors (Lipinski definition) is 2. The van der Waals surface area contributed by atoms with Crippen LogP contribution in [-0.4, -0.2) is 20.3 Å². The van der Waals surface area contributed by atoms with Gasteiger partial charge in [-0.25, -0.2) is 0 Å². The average molecular weight is 152 g/mol. The Morgan fingerprint density at radius 3 is 2.73 bits per heavy atom. The Bertz CT molecular complexity index is 218. The third-order valence-electron chi connectivity index (χ3n) is 2.41. The largest absolute Gasteiger partial charge is 0.497 e. The molecule has 11 heavy (non-hydrogen) atoms. The summed E-state index contributed by atoms with van der Waals surface area (Å²) in [6.07, 6.45) is 6.72. The summed E-state index contributed by atoms with van der Waals surface area (Å²) in [4.78, 5) is 0. The minimum absolute atomic E-state index is 0.402. The predicted octanol–water partition coefficient (Wildman–Crippen LogP) is 1.35. The summed E-state index contributed by atoms with van der Waals surface area (Å²) < 4.78 is 10.3. The minimum atomic E-state index is 0.402. The van der Waals surface area contributed by atoms with Gasteiger partial charge in [-0.3, -0.25) is 0 Å². The first kappa shape index (κ1) is 6.92. The van der Waals surface area contributed by atoms with E-state index in [1.54, 1.807) is 14.2 Å². The van der Waals surface area contributed by atoms with Gasteiger partial charge in [-0.2, -0.15) is 0 Å². The van der Waals surface area contributed by atoms with Crippen molar-refractivity contribution in [2.45, 2.75) is 6.10 Å². The molecule has 0 radical (unpaired) electrons. The fourth-order valence-electron chi connectivity index (χ4n) is 1.67. The highest BCUT2D eigenvalue weighted by Crippen LogP contribution is 2.46. The van der Waals surface area contributed by atoms with Crippen LogP contribution in [0.15, 0.2) is 24.0 Å². The van der Waals surface area contributed by atoms with Crippen molar-refractivity contribution in [1.82, 2.24) is 0 Å². The lowest BCUT2D eigenvalue weighted by atomic mass is 10.2. The van der Waals surface area contributed by atoms with Crippen molar-refractivity contribution in [1.29, 1.82) is 0 Å². The van der Waals surface area contributed by atoms with Crippen LogP contribution in [0, 0.1) is 11.8 Å². The van der Waals surface area contributed by atoms with Gasteiger partial charge in [0.2, 0.25) is 0 Å². The molecule has 0 N–H and O–H groups in total. The number of fused-ring (bicyclic) bond motifs is 1. The molecule has 0 aromatic carbocycles. The lowest BCUT2D eigenvalue weighted by molar-refractivity contribution is 0.168. The highest BCUT2D eigenvalue weighted by atomic mass is 16.5. The van der Waals surface area contributed by atoms with E-state index in [0.29, 0.717) is 17.9 Å². The van der Waals surface area contributed by atoms with Gasteiger partial charge in [0, 0.05) is 18.9 Å². The van der Waals surface area contributed by atoms with Gasteiger partial charge >= 0.3 is 0 Å². The molecular weight excluding hydrogens is 140 g/mol. The van der Waals surface area contributed by atoms with Crippen LogP contribution in [0.5, 0.6) is 0 Å². The van der Waals surface area contributed by atoms with E-state index in [0.717, 1.165) is 5.76 Å². The lowest BCUT2D eigenvalue weighted by Gasteiger charge is -2.01. The first-order valence-electron chi connectivity index (χ1n) is 3.83. The molecule has 0 aromatic rings. The number of rotatable bonds is 2. The zero-order valence-corrected chi connectivity index (χ0v) is 6.78. The number of hydrogen-bond donors (Lipinski definition) is 0. The molecule has 2 aliphatic rings. The summed E-state index contributed by atoms with van der Waals surface area (Å²) in [6, 6.07) is 0. The highest BCUT2D eigenvalue weighted by Gasteiger charge is 2.49. The Morgan fingerprint density at radius 1 is 1.27 bits per heavy atom. The van der Waals surface area contributed by atoms with Crippen molar-refractivity contribution in [2.75, 3.05) is 14.2 Å². The van der Waals surface area contributed by atoms with E-state index >= 15 is 0 Å². The first-order valence-corrected chi connectivity index (χ1v) is 3.83. The van der Waals surface area contributed by atoms with E-state index in [4.69, 9.17) is 9.47 Å². The number of methoxy groups -OCH3 is 2. The molecule has 0 aromatic heterocycles. The Kier molecular flexibility index (Phi) is 1.50. The molecule has 0 saturated heterocycles. The third-order valence-corrected chi connectivity index (χ3v) is 2.41. The maximum absolute atomic E-state index is 5.25. The molecule has 2 heteroatoms. The van der Waals surface area contributed by atoms with Crippen molar-refractivity contribution in [3.8, 4) is 0 Å². The van der Waals surface area contributed by atoms with Crippen molar-refractivity contribution in [3.63, 3.8) is 0 Å². The molecule has 2 aliphatic carbocycles. The normalized spacial score (nSPS) is 39.5. The van der Waals surface area contributed by atoms with E-state index in [1.807, 2.05) is 6.08 Å². The Hall–Kier alpha value is -0.760. The van der Waals surface area contributed by atoms with Crippen molar-refractivity contribution in [2.24, 2.45) is 11.8 Å². The van der Waals surface area contributed by atoms with Crippen molar-refractivity contribution < 1.29 is 9.47 Å². The van der Waals surface area contributed by atoms with Gasteiger partial charge < -0.3 is 9.47 Å². The number of ether oxygens (including phenoxy) is 2. The summed E-state index contributed by atoms with van der Waals surface area (Å²) >= 11 is 0. The molecule has 60 valence electrons.